The Morgan fingerprint density at radius 1 is 1.32 bits per heavy atom. The molecule has 1 saturated heterocycles. The minimum atomic E-state index is -0.148. The fourth-order valence-corrected chi connectivity index (χ4v) is 4.06. The van der Waals surface area contributed by atoms with E-state index < -0.39 is 0 Å². The summed E-state index contributed by atoms with van der Waals surface area (Å²) in [6.07, 6.45) is 2.71. The molecule has 1 aliphatic rings. The number of likely N-dealkylation sites (tertiary alicyclic amines) is 1. The number of amides is 1. The van der Waals surface area contributed by atoms with Crippen LogP contribution in [-0.4, -0.2) is 60.8 Å². The van der Waals surface area contributed by atoms with Gasteiger partial charge < -0.3 is 14.2 Å². The zero-order chi connectivity index (χ0) is 22.2. The van der Waals surface area contributed by atoms with Crippen LogP contribution < -0.4 is 0 Å². The number of ether oxygens (including phenoxy) is 1. The van der Waals surface area contributed by atoms with Crippen molar-refractivity contribution in [3.8, 4) is 0 Å². The quantitative estimate of drug-likeness (QED) is 0.569. The van der Waals surface area contributed by atoms with Crippen molar-refractivity contribution in [2.45, 2.75) is 39.7 Å². The van der Waals surface area contributed by atoms with Gasteiger partial charge in [0, 0.05) is 44.8 Å². The molecule has 0 N–H and O–H groups in total. The molecule has 0 atom stereocenters. The molecule has 7 heteroatoms. The number of halogens is 1. The van der Waals surface area contributed by atoms with Gasteiger partial charge in [-0.3, -0.25) is 9.69 Å². The van der Waals surface area contributed by atoms with E-state index in [4.69, 9.17) is 9.26 Å². The molecule has 6 nitrogen and oxygen atoms in total. The van der Waals surface area contributed by atoms with Gasteiger partial charge in [0.1, 0.15) is 11.6 Å². The summed E-state index contributed by atoms with van der Waals surface area (Å²) in [5.41, 5.74) is 1.10. The third kappa shape index (κ3) is 6.87. The lowest BCUT2D eigenvalue weighted by atomic mass is 9.95. The van der Waals surface area contributed by atoms with Crippen LogP contribution in [0.2, 0.25) is 0 Å². The van der Waals surface area contributed by atoms with Gasteiger partial charge in [-0.25, -0.2) is 4.39 Å². The van der Waals surface area contributed by atoms with Crippen molar-refractivity contribution < 1.29 is 18.4 Å². The van der Waals surface area contributed by atoms with Crippen molar-refractivity contribution in [1.82, 2.24) is 15.0 Å². The molecule has 3 rings (SSSR count). The molecule has 2 heterocycles. The average Bonchev–Trinajstić information content (AvgIpc) is 3.21. The third-order valence-corrected chi connectivity index (χ3v) is 5.78. The molecule has 1 amide bonds. The van der Waals surface area contributed by atoms with Gasteiger partial charge in [-0.1, -0.05) is 37.2 Å². The molecule has 0 saturated carbocycles. The molecular formula is C24H34FN3O3. The molecule has 0 spiro atoms. The van der Waals surface area contributed by atoms with E-state index in [9.17, 15) is 9.18 Å². The second kappa shape index (κ2) is 11.4. The van der Waals surface area contributed by atoms with Gasteiger partial charge >= 0.3 is 0 Å². The standard InChI is InChI=1S/C24H34FN3O3/c1-18(2)14-21-15-23(26-31-21)24(29)28(12-13-30-3)16-19-8-10-27(11-9-19)17-20-6-4-5-7-22(20)25/h4-7,15,18-19H,8-14,16-17H2,1-3H3. The van der Waals surface area contributed by atoms with Crippen molar-refractivity contribution in [2.24, 2.45) is 11.8 Å². The third-order valence-electron chi connectivity index (χ3n) is 5.78. The average molecular weight is 432 g/mol. The number of hydrogen-bond donors (Lipinski definition) is 0. The highest BCUT2D eigenvalue weighted by Crippen LogP contribution is 2.22. The second-order valence-electron chi connectivity index (χ2n) is 8.83. The number of nitrogens with zero attached hydrogens (tertiary/aromatic N) is 3. The molecule has 31 heavy (non-hydrogen) atoms. The lowest BCUT2D eigenvalue weighted by Crippen LogP contribution is -2.42. The monoisotopic (exact) mass is 431 g/mol. The van der Waals surface area contributed by atoms with Gasteiger partial charge in [-0.2, -0.15) is 0 Å². The van der Waals surface area contributed by atoms with Gasteiger partial charge in [-0.15, -0.1) is 0 Å². The summed E-state index contributed by atoms with van der Waals surface area (Å²) in [4.78, 5) is 17.2. The molecule has 1 aliphatic heterocycles. The van der Waals surface area contributed by atoms with Crippen molar-refractivity contribution in [1.29, 1.82) is 0 Å². The summed E-state index contributed by atoms with van der Waals surface area (Å²) in [6.45, 7) is 8.31. The Balaban J connectivity index is 1.55. The predicted octanol–water partition coefficient (Wildman–Crippen LogP) is 4.01. The molecule has 2 aromatic rings. The molecule has 0 radical (unpaired) electrons. The van der Waals surface area contributed by atoms with Crippen LogP contribution in [0.3, 0.4) is 0 Å². The number of benzene rings is 1. The molecule has 0 unspecified atom stereocenters. The lowest BCUT2D eigenvalue weighted by Gasteiger charge is -2.34. The van der Waals surface area contributed by atoms with Crippen LogP contribution in [0.1, 0.15) is 48.5 Å². The molecule has 1 aromatic carbocycles. The van der Waals surface area contributed by atoms with Crippen LogP contribution in [0, 0.1) is 17.7 Å². The zero-order valence-corrected chi connectivity index (χ0v) is 18.8. The van der Waals surface area contributed by atoms with Gasteiger partial charge in [-0.05, 0) is 43.8 Å². The number of rotatable bonds is 10. The van der Waals surface area contributed by atoms with Gasteiger partial charge in [0.2, 0.25) is 0 Å². The Labute approximate surface area is 184 Å². The SMILES string of the molecule is COCCN(CC1CCN(Cc2ccccc2F)CC1)C(=O)c1cc(CC(C)C)on1. The van der Waals surface area contributed by atoms with E-state index >= 15 is 0 Å². The maximum absolute atomic E-state index is 13.9. The summed E-state index contributed by atoms with van der Waals surface area (Å²) in [7, 11) is 1.64. The first-order chi connectivity index (χ1) is 15.0. The fourth-order valence-electron chi connectivity index (χ4n) is 4.06. The fraction of sp³-hybridized carbons (Fsp3) is 0.583. The molecule has 0 bridgehead atoms. The molecule has 1 aromatic heterocycles. The summed E-state index contributed by atoms with van der Waals surface area (Å²) in [5.74, 6) is 1.33. The van der Waals surface area contributed by atoms with Gasteiger partial charge in [0.05, 0.1) is 6.61 Å². The highest BCUT2D eigenvalue weighted by atomic mass is 19.1. The summed E-state index contributed by atoms with van der Waals surface area (Å²) in [6, 6.07) is 8.72. The van der Waals surface area contributed by atoms with E-state index in [2.05, 4.69) is 23.9 Å². The first-order valence-electron chi connectivity index (χ1n) is 11.2. The maximum Gasteiger partial charge on any atom is 0.276 e. The molecule has 0 aliphatic carbocycles. The predicted molar refractivity (Wildman–Crippen MR) is 117 cm³/mol. The van der Waals surface area contributed by atoms with Crippen molar-refractivity contribution in [2.75, 3.05) is 39.9 Å². The first-order valence-corrected chi connectivity index (χ1v) is 11.2. The van der Waals surface area contributed by atoms with E-state index in [0.29, 0.717) is 43.8 Å². The van der Waals surface area contributed by atoms with Crippen LogP contribution >= 0.6 is 0 Å². The second-order valence-corrected chi connectivity index (χ2v) is 8.83. The highest BCUT2D eigenvalue weighted by Gasteiger charge is 2.26. The number of methoxy groups -OCH3 is 1. The van der Waals surface area contributed by atoms with Crippen molar-refractivity contribution >= 4 is 5.91 Å². The Hall–Kier alpha value is -2.25. The molecule has 170 valence electrons. The van der Waals surface area contributed by atoms with Crippen LogP contribution in [0.5, 0.6) is 0 Å². The van der Waals surface area contributed by atoms with Gasteiger partial charge in [0.25, 0.3) is 5.91 Å². The topological polar surface area (TPSA) is 58.8 Å². The largest absolute Gasteiger partial charge is 0.383 e. The van der Waals surface area contributed by atoms with Crippen LogP contribution in [0.25, 0.3) is 0 Å². The number of piperidine rings is 1. The molecular weight excluding hydrogens is 397 g/mol. The number of hydrogen-bond acceptors (Lipinski definition) is 5. The van der Waals surface area contributed by atoms with Gasteiger partial charge in [0.15, 0.2) is 5.69 Å². The Morgan fingerprint density at radius 3 is 2.74 bits per heavy atom. The van der Waals surface area contributed by atoms with E-state index in [1.807, 2.05) is 17.0 Å². The Kier molecular flexibility index (Phi) is 8.60. The highest BCUT2D eigenvalue weighted by molar-refractivity contribution is 5.92. The van der Waals surface area contributed by atoms with Crippen molar-refractivity contribution in [3.05, 3.63) is 53.2 Å². The molecule has 1 fully saturated rings. The normalized spacial score (nSPS) is 15.5. The van der Waals surface area contributed by atoms with E-state index in [-0.39, 0.29) is 11.7 Å². The minimum Gasteiger partial charge on any atom is -0.383 e. The zero-order valence-electron chi connectivity index (χ0n) is 18.8. The Morgan fingerprint density at radius 2 is 2.06 bits per heavy atom. The number of aromatic nitrogens is 1. The smallest absolute Gasteiger partial charge is 0.276 e. The number of carbonyl (C=O) groups excluding carboxylic acids is 1. The minimum absolute atomic E-state index is 0.107. The van der Waals surface area contributed by atoms with Crippen LogP contribution in [-0.2, 0) is 17.7 Å². The summed E-state index contributed by atoms with van der Waals surface area (Å²) < 4.78 is 24.5. The summed E-state index contributed by atoms with van der Waals surface area (Å²) in [5, 5.41) is 4.01. The van der Waals surface area contributed by atoms with E-state index in [0.717, 1.165) is 43.7 Å². The number of carbonyl (C=O) groups is 1. The van der Waals surface area contributed by atoms with E-state index in [1.54, 1.807) is 19.2 Å². The first kappa shape index (κ1) is 23.4. The Bertz CT molecular complexity index is 831. The van der Waals surface area contributed by atoms with Crippen LogP contribution in [0.15, 0.2) is 34.9 Å². The lowest BCUT2D eigenvalue weighted by molar-refractivity contribution is 0.0607. The van der Waals surface area contributed by atoms with Crippen LogP contribution in [0.4, 0.5) is 4.39 Å². The van der Waals surface area contributed by atoms with E-state index in [1.165, 1.54) is 6.07 Å². The summed E-state index contributed by atoms with van der Waals surface area (Å²) >= 11 is 0. The van der Waals surface area contributed by atoms with Crippen molar-refractivity contribution in [3.63, 3.8) is 0 Å². The maximum atomic E-state index is 13.9.